The first kappa shape index (κ1) is 27.0. The molecule has 1 aliphatic heterocycles. The van der Waals surface area contributed by atoms with Gasteiger partial charge in [0.2, 0.25) is 0 Å². The van der Waals surface area contributed by atoms with E-state index in [4.69, 9.17) is 44.3 Å². The van der Waals surface area contributed by atoms with Gasteiger partial charge in [-0.3, -0.25) is 14.9 Å². The minimum atomic E-state index is -0.896. The number of nitrogens with one attached hydrogen (secondary N) is 1. The number of rotatable bonds is 7. The van der Waals surface area contributed by atoms with Crippen LogP contribution in [0.4, 0.5) is 10.5 Å². The van der Waals surface area contributed by atoms with Gasteiger partial charge in [-0.15, -0.1) is 0 Å². The highest BCUT2D eigenvalue weighted by atomic mass is 79.9. The van der Waals surface area contributed by atoms with E-state index < -0.39 is 17.8 Å². The SMILES string of the molecule is CCOc1cc(/C=C2\C(=O)NC(=O)N(c3ccc(Cl)c(Cl)c3)C2=O)cc(Br)c1OCc1ccc(Cl)cc1. The lowest BCUT2D eigenvalue weighted by molar-refractivity contribution is -0.122. The van der Waals surface area contributed by atoms with Crippen LogP contribution in [0.15, 0.2) is 64.6 Å². The van der Waals surface area contributed by atoms with Crippen LogP contribution < -0.4 is 19.7 Å². The van der Waals surface area contributed by atoms with Crippen LogP contribution in [0, 0.1) is 0 Å². The summed E-state index contributed by atoms with van der Waals surface area (Å²) >= 11 is 21.4. The number of hydrogen-bond donors (Lipinski definition) is 1. The van der Waals surface area contributed by atoms with Crippen molar-refractivity contribution >= 4 is 80.3 Å². The molecule has 7 nitrogen and oxygen atoms in total. The van der Waals surface area contributed by atoms with E-state index >= 15 is 0 Å². The standard InChI is InChI=1S/C26H18BrCl3N2O5/c1-2-36-22-11-15(10-19(27)23(22)37-13-14-3-5-16(28)6-4-14)9-18-24(33)31-26(35)32(25(18)34)17-7-8-20(29)21(30)12-17/h3-12H,2,13H2,1H3,(H,31,33,35)/b18-9+. The molecule has 0 aromatic heterocycles. The Kier molecular flexibility index (Phi) is 8.44. The maximum absolute atomic E-state index is 13.2. The fourth-order valence-electron chi connectivity index (χ4n) is 3.49. The van der Waals surface area contributed by atoms with E-state index in [9.17, 15) is 14.4 Å². The molecule has 0 saturated carbocycles. The summed E-state index contributed by atoms with van der Waals surface area (Å²) in [6.45, 7) is 2.43. The lowest BCUT2D eigenvalue weighted by Crippen LogP contribution is -2.54. The molecule has 1 saturated heterocycles. The first-order valence-electron chi connectivity index (χ1n) is 10.9. The molecule has 11 heteroatoms. The van der Waals surface area contributed by atoms with Gasteiger partial charge in [-0.1, -0.05) is 46.9 Å². The second-order valence-corrected chi connectivity index (χ2v) is 9.84. The molecule has 0 aliphatic carbocycles. The zero-order chi connectivity index (χ0) is 26.7. The summed E-state index contributed by atoms with van der Waals surface area (Å²) in [4.78, 5) is 39.1. The Labute approximate surface area is 236 Å². The number of imide groups is 2. The predicted octanol–water partition coefficient (Wildman–Crippen LogP) is 7.05. The Morgan fingerprint density at radius 3 is 2.35 bits per heavy atom. The largest absolute Gasteiger partial charge is 0.490 e. The second-order valence-electron chi connectivity index (χ2n) is 7.73. The number of halogens is 4. The average Bonchev–Trinajstić information content (AvgIpc) is 2.84. The van der Waals surface area contributed by atoms with Crippen molar-refractivity contribution in [2.45, 2.75) is 13.5 Å². The molecule has 3 aromatic carbocycles. The van der Waals surface area contributed by atoms with E-state index in [1.807, 2.05) is 19.1 Å². The fourth-order valence-corrected chi connectivity index (χ4v) is 4.49. The molecular formula is C26H18BrCl3N2O5. The van der Waals surface area contributed by atoms with Crippen molar-refractivity contribution in [1.29, 1.82) is 0 Å². The summed E-state index contributed by atoms with van der Waals surface area (Å²) in [6.07, 6.45) is 1.37. The third kappa shape index (κ3) is 6.10. The number of carbonyl (C=O) groups is 3. The van der Waals surface area contributed by atoms with E-state index in [0.717, 1.165) is 10.5 Å². The Morgan fingerprint density at radius 2 is 1.68 bits per heavy atom. The minimum Gasteiger partial charge on any atom is -0.490 e. The molecular weight excluding hydrogens is 607 g/mol. The van der Waals surface area contributed by atoms with Gasteiger partial charge >= 0.3 is 6.03 Å². The van der Waals surface area contributed by atoms with Crippen LogP contribution in [0.3, 0.4) is 0 Å². The molecule has 1 aliphatic rings. The average molecular weight is 625 g/mol. The highest BCUT2D eigenvalue weighted by Gasteiger charge is 2.37. The Balaban J connectivity index is 1.66. The predicted molar refractivity (Wildman–Crippen MR) is 147 cm³/mol. The van der Waals surface area contributed by atoms with Gasteiger partial charge in [-0.25, -0.2) is 9.69 Å². The highest BCUT2D eigenvalue weighted by Crippen LogP contribution is 2.38. The summed E-state index contributed by atoms with van der Waals surface area (Å²) in [6, 6.07) is 13.9. The summed E-state index contributed by atoms with van der Waals surface area (Å²) < 4.78 is 12.3. The van der Waals surface area contributed by atoms with Crippen LogP contribution in [0.2, 0.25) is 15.1 Å². The van der Waals surface area contributed by atoms with E-state index in [0.29, 0.717) is 33.2 Å². The molecule has 4 amide bonds. The lowest BCUT2D eigenvalue weighted by Gasteiger charge is -2.26. The summed E-state index contributed by atoms with van der Waals surface area (Å²) in [5.41, 5.74) is 1.28. The van der Waals surface area contributed by atoms with E-state index in [2.05, 4.69) is 21.2 Å². The van der Waals surface area contributed by atoms with Gasteiger partial charge in [-0.05, 0) is 82.5 Å². The van der Waals surface area contributed by atoms with Crippen LogP contribution >= 0.6 is 50.7 Å². The molecule has 1 heterocycles. The van der Waals surface area contributed by atoms with Crippen LogP contribution in [-0.2, 0) is 16.2 Å². The normalized spacial score (nSPS) is 14.7. The first-order chi connectivity index (χ1) is 17.7. The zero-order valence-corrected chi connectivity index (χ0v) is 23.0. The van der Waals surface area contributed by atoms with Gasteiger partial charge in [0, 0.05) is 5.02 Å². The van der Waals surface area contributed by atoms with Crippen molar-refractivity contribution in [2.75, 3.05) is 11.5 Å². The maximum Gasteiger partial charge on any atom is 0.335 e. The Bertz CT molecular complexity index is 1430. The molecule has 3 aromatic rings. The number of amides is 4. The molecule has 0 spiro atoms. The molecule has 0 unspecified atom stereocenters. The van der Waals surface area contributed by atoms with Crippen molar-refractivity contribution in [2.24, 2.45) is 0 Å². The Hall–Kier alpha value is -3.04. The van der Waals surface area contributed by atoms with Crippen molar-refractivity contribution in [3.8, 4) is 11.5 Å². The summed E-state index contributed by atoms with van der Waals surface area (Å²) in [5.74, 6) is -0.794. The number of benzene rings is 3. The van der Waals surface area contributed by atoms with Crippen LogP contribution in [0.1, 0.15) is 18.1 Å². The van der Waals surface area contributed by atoms with E-state index in [1.54, 1.807) is 24.3 Å². The van der Waals surface area contributed by atoms with Crippen LogP contribution in [0.25, 0.3) is 6.08 Å². The summed E-state index contributed by atoms with van der Waals surface area (Å²) in [7, 11) is 0. The highest BCUT2D eigenvalue weighted by molar-refractivity contribution is 9.10. The molecule has 37 heavy (non-hydrogen) atoms. The number of urea groups is 1. The van der Waals surface area contributed by atoms with Crippen molar-refractivity contribution < 1.29 is 23.9 Å². The number of barbiturate groups is 1. The van der Waals surface area contributed by atoms with E-state index in [-0.39, 0.29) is 27.9 Å². The maximum atomic E-state index is 13.2. The van der Waals surface area contributed by atoms with Crippen LogP contribution in [0.5, 0.6) is 11.5 Å². The number of anilines is 1. The number of carbonyl (C=O) groups excluding carboxylic acids is 3. The molecule has 0 radical (unpaired) electrons. The second kappa shape index (κ2) is 11.6. The van der Waals surface area contributed by atoms with Gasteiger partial charge in [0.15, 0.2) is 11.5 Å². The lowest BCUT2D eigenvalue weighted by atomic mass is 10.1. The number of ether oxygens (including phenoxy) is 2. The minimum absolute atomic E-state index is 0.154. The molecule has 1 N–H and O–H groups in total. The van der Waals surface area contributed by atoms with E-state index in [1.165, 1.54) is 24.3 Å². The number of nitrogens with zero attached hydrogens (tertiary/aromatic N) is 1. The first-order valence-corrected chi connectivity index (χ1v) is 12.8. The third-order valence-corrected chi connectivity index (χ3v) is 6.78. The Morgan fingerprint density at radius 1 is 0.946 bits per heavy atom. The topological polar surface area (TPSA) is 84.9 Å². The monoisotopic (exact) mass is 622 g/mol. The molecule has 4 rings (SSSR count). The van der Waals surface area contributed by atoms with Crippen molar-refractivity contribution in [3.63, 3.8) is 0 Å². The van der Waals surface area contributed by atoms with Gasteiger partial charge in [0.1, 0.15) is 12.2 Å². The molecule has 190 valence electrons. The van der Waals surface area contributed by atoms with Gasteiger partial charge in [-0.2, -0.15) is 0 Å². The van der Waals surface area contributed by atoms with Gasteiger partial charge < -0.3 is 9.47 Å². The van der Waals surface area contributed by atoms with Gasteiger partial charge in [0.05, 0.1) is 26.8 Å². The van der Waals surface area contributed by atoms with Crippen molar-refractivity contribution in [1.82, 2.24) is 5.32 Å². The van der Waals surface area contributed by atoms with Gasteiger partial charge in [0.25, 0.3) is 11.8 Å². The third-order valence-electron chi connectivity index (χ3n) is 5.20. The zero-order valence-electron chi connectivity index (χ0n) is 19.2. The quantitative estimate of drug-likeness (QED) is 0.225. The molecule has 0 bridgehead atoms. The fraction of sp³-hybridized carbons (Fsp3) is 0.115. The molecule has 0 atom stereocenters. The van der Waals surface area contributed by atoms with Crippen LogP contribution in [-0.4, -0.2) is 24.5 Å². The molecule has 1 fully saturated rings. The van der Waals surface area contributed by atoms with Crippen molar-refractivity contribution in [3.05, 3.63) is 90.8 Å². The summed E-state index contributed by atoms with van der Waals surface area (Å²) in [5, 5.41) is 3.21. The smallest absolute Gasteiger partial charge is 0.335 e. The number of hydrogen-bond acceptors (Lipinski definition) is 5.